The Morgan fingerprint density at radius 3 is 2.55 bits per heavy atom. The summed E-state index contributed by atoms with van der Waals surface area (Å²) in [6.07, 6.45) is -2.76. The summed E-state index contributed by atoms with van der Waals surface area (Å²) < 4.78 is 39.5. The van der Waals surface area contributed by atoms with Gasteiger partial charge in [0.2, 0.25) is 0 Å². The van der Waals surface area contributed by atoms with Crippen LogP contribution in [0.15, 0.2) is 64.5 Å². The standard InChI is InChI=1S/C24H17ClF3NOS/c1-13-5-3-6-14-9-10-18(25)17(20(13)14)12-19-22(30)21(23(29-2)31-19)15-7-4-8-16(11-15)24(26,27)28/h3-12,21H,1-2H3. The number of halogens is 4. The van der Waals surface area contributed by atoms with Gasteiger partial charge in [-0.05, 0) is 47.0 Å². The van der Waals surface area contributed by atoms with Crippen LogP contribution in [0.25, 0.3) is 16.8 Å². The van der Waals surface area contributed by atoms with Crippen LogP contribution in [-0.4, -0.2) is 17.9 Å². The Labute approximate surface area is 186 Å². The number of thioether (sulfide) groups is 1. The summed E-state index contributed by atoms with van der Waals surface area (Å²) in [6.45, 7) is 1.97. The summed E-state index contributed by atoms with van der Waals surface area (Å²) >= 11 is 7.65. The summed E-state index contributed by atoms with van der Waals surface area (Å²) in [5, 5.41) is 2.89. The number of benzene rings is 3. The normalized spacial score (nSPS) is 19.7. The molecular formula is C24H17ClF3NOS. The highest BCUT2D eigenvalue weighted by Gasteiger charge is 2.39. The number of ketones is 1. The highest BCUT2D eigenvalue weighted by atomic mass is 35.5. The average Bonchev–Trinajstić information content (AvgIpc) is 3.05. The lowest BCUT2D eigenvalue weighted by molar-refractivity contribution is -0.137. The van der Waals surface area contributed by atoms with E-state index >= 15 is 0 Å². The van der Waals surface area contributed by atoms with E-state index in [0.29, 0.717) is 20.5 Å². The van der Waals surface area contributed by atoms with Crippen LogP contribution in [0, 0.1) is 6.92 Å². The van der Waals surface area contributed by atoms with E-state index in [1.807, 2.05) is 31.2 Å². The molecule has 0 saturated carbocycles. The summed E-state index contributed by atoms with van der Waals surface area (Å²) in [5.74, 6) is -1.15. The fourth-order valence-corrected chi connectivity index (χ4v) is 5.07. The Morgan fingerprint density at radius 2 is 1.84 bits per heavy atom. The van der Waals surface area contributed by atoms with Crippen molar-refractivity contribution in [3.63, 3.8) is 0 Å². The fourth-order valence-electron chi connectivity index (χ4n) is 3.78. The Bertz CT molecular complexity index is 1260. The zero-order chi connectivity index (χ0) is 22.3. The molecule has 0 radical (unpaired) electrons. The Kier molecular flexibility index (Phi) is 5.71. The molecule has 1 atom stereocenters. The van der Waals surface area contributed by atoms with Crippen LogP contribution in [0.5, 0.6) is 0 Å². The van der Waals surface area contributed by atoms with Gasteiger partial charge in [-0.15, -0.1) is 0 Å². The second kappa shape index (κ2) is 8.17. The van der Waals surface area contributed by atoms with Gasteiger partial charge >= 0.3 is 6.18 Å². The Morgan fingerprint density at radius 1 is 1.10 bits per heavy atom. The van der Waals surface area contributed by atoms with E-state index in [-0.39, 0.29) is 11.3 Å². The molecule has 1 unspecified atom stereocenters. The molecule has 158 valence electrons. The van der Waals surface area contributed by atoms with Crippen molar-refractivity contribution in [1.82, 2.24) is 0 Å². The van der Waals surface area contributed by atoms with E-state index in [2.05, 4.69) is 4.99 Å². The summed E-state index contributed by atoms with van der Waals surface area (Å²) in [7, 11) is 1.54. The minimum Gasteiger partial charge on any atom is -0.292 e. The van der Waals surface area contributed by atoms with Gasteiger partial charge < -0.3 is 0 Å². The monoisotopic (exact) mass is 459 g/mol. The Balaban J connectivity index is 1.82. The number of carbonyl (C=O) groups excluding carboxylic acids is 1. The number of hydrogen-bond donors (Lipinski definition) is 0. The van der Waals surface area contributed by atoms with Gasteiger partial charge in [-0.1, -0.05) is 65.8 Å². The van der Waals surface area contributed by atoms with Crippen LogP contribution in [0.1, 0.15) is 28.2 Å². The number of aliphatic imine (C=N–C) groups is 1. The molecular weight excluding hydrogens is 443 g/mol. The van der Waals surface area contributed by atoms with Crippen LogP contribution in [-0.2, 0) is 11.0 Å². The van der Waals surface area contributed by atoms with E-state index < -0.39 is 17.7 Å². The lowest BCUT2D eigenvalue weighted by Gasteiger charge is -2.12. The summed E-state index contributed by atoms with van der Waals surface area (Å²) in [5.41, 5.74) is 1.22. The third-order valence-corrected chi connectivity index (χ3v) is 6.75. The number of allylic oxidation sites excluding steroid dienone is 1. The molecule has 1 aliphatic heterocycles. The minimum atomic E-state index is -4.49. The van der Waals surface area contributed by atoms with Crippen molar-refractivity contribution in [3.05, 3.63) is 86.8 Å². The first kappa shape index (κ1) is 21.7. The van der Waals surface area contributed by atoms with Gasteiger partial charge in [0.15, 0.2) is 5.78 Å². The van der Waals surface area contributed by atoms with Crippen LogP contribution in [0.2, 0.25) is 5.02 Å². The van der Waals surface area contributed by atoms with Gasteiger partial charge in [0.05, 0.1) is 21.4 Å². The highest BCUT2D eigenvalue weighted by molar-refractivity contribution is 8.19. The SMILES string of the molecule is CN=C1SC(=Cc2c(Cl)ccc3cccc(C)c23)C(=O)C1c1cccc(C(F)(F)F)c1. The molecule has 1 aliphatic rings. The molecule has 0 aliphatic carbocycles. The molecule has 1 saturated heterocycles. The number of aryl methyl sites for hydroxylation is 1. The predicted molar refractivity (Wildman–Crippen MR) is 122 cm³/mol. The maximum Gasteiger partial charge on any atom is 0.416 e. The van der Waals surface area contributed by atoms with Crippen LogP contribution >= 0.6 is 23.4 Å². The first-order chi connectivity index (χ1) is 14.7. The lowest BCUT2D eigenvalue weighted by atomic mass is 9.93. The van der Waals surface area contributed by atoms with Gasteiger partial charge in [-0.2, -0.15) is 13.2 Å². The highest BCUT2D eigenvalue weighted by Crippen LogP contribution is 2.44. The molecule has 0 amide bonds. The van der Waals surface area contributed by atoms with Crippen molar-refractivity contribution in [2.45, 2.75) is 19.0 Å². The van der Waals surface area contributed by atoms with E-state index in [1.54, 1.807) is 12.1 Å². The number of nitrogens with zero attached hydrogens (tertiary/aromatic N) is 1. The van der Waals surface area contributed by atoms with Crippen LogP contribution in [0.3, 0.4) is 0 Å². The third kappa shape index (κ3) is 4.02. The molecule has 0 bridgehead atoms. The van der Waals surface area contributed by atoms with Gasteiger partial charge in [-0.25, -0.2) is 0 Å². The summed E-state index contributed by atoms with van der Waals surface area (Å²) in [4.78, 5) is 17.9. The molecule has 31 heavy (non-hydrogen) atoms. The van der Waals surface area contributed by atoms with Gasteiger partial charge in [0, 0.05) is 17.6 Å². The molecule has 3 aromatic rings. The maximum atomic E-state index is 13.3. The van der Waals surface area contributed by atoms with Crippen LogP contribution in [0.4, 0.5) is 13.2 Å². The number of rotatable bonds is 2. The number of alkyl halides is 3. The largest absolute Gasteiger partial charge is 0.416 e. The fraction of sp³-hybridized carbons (Fsp3) is 0.167. The third-order valence-electron chi connectivity index (χ3n) is 5.25. The quantitative estimate of drug-likeness (QED) is 0.376. The second-order valence-corrected chi connectivity index (χ2v) is 8.70. The van der Waals surface area contributed by atoms with E-state index in [0.717, 1.165) is 28.5 Å². The van der Waals surface area contributed by atoms with Gasteiger partial charge in [0.1, 0.15) is 0 Å². The molecule has 1 heterocycles. The molecule has 2 nitrogen and oxygen atoms in total. The second-order valence-electron chi connectivity index (χ2n) is 7.23. The van der Waals surface area contributed by atoms with E-state index in [1.165, 1.54) is 30.9 Å². The van der Waals surface area contributed by atoms with Crippen molar-refractivity contribution in [3.8, 4) is 0 Å². The first-order valence-corrected chi connectivity index (χ1v) is 10.7. The maximum absolute atomic E-state index is 13.3. The molecule has 7 heteroatoms. The molecule has 4 rings (SSSR count). The smallest absolute Gasteiger partial charge is 0.292 e. The van der Waals surface area contributed by atoms with Crippen molar-refractivity contribution < 1.29 is 18.0 Å². The van der Waals surface area contributed by atoms with Crippen molar-refractivity contribution in [2.24, 2.45) is 4.99 Å². The minimum absolute atomic E-state index is 0.275. The lowest BCUT2D eigenvalue weighted by Crippen LogP contribution is -2.14. The van der Waals surface area contributed by atoms with Gasteiger partial charge in [-0.3, -0.25) is 9.79 Å². The first-order valence-electron chi connectivity index (χ1n) is 9.46. The number of carbonyl (C=O) groups is 1. The van der Waals surface area contributed by atoms with E-state index in [9.17, 15) is 18.0 Å². The van der Waals surface area contributed by atoms with Crippen molar-refractivity contribution in [1.29, 1.82) is 0 Å². The molecule has 0 N–H and O–H groups in total. The van der Waals surface area contributed by atoms with E-state index in [4.69, 9.17) is 11.6 Å². The zero-order valence-corrected chi connectivity index (χ0v) is 18.2. The van der Waals surface area contributed by atoms with Crippen molar-refractivity contribution >= 4 is 51.0 Å². The molecule has 0 spiro atoms. The summed E-state index contributed by atoms with van der Waals surface area (Å²) in [6, 6.07) is 14.4. The zero-order valence-electron chi connectivity index (χ0n) is 16.6. The molecule has 1 fully saturated rings. The molecule has 3 aromatic carbocycles. The topological polar surface area (TPSA) is 29.4 Å². The Hall–Kier alpha value is -2.57. The van der Waals surface area contributed by atoms with Gasteiger partial charge in [0.25, 0.3) is 0 Å². The number of fused-ring (bicyclic) bond motifs is 1. The van der Waals surface area contributed by atoms with Crippen molar-refractivity contribution in [2.75, 3.05) is 7.05 Å². The predicted octanol–water partition coefficient (Wildman–Crippen LogP) is 7.29. The number of Topliss-reactive ketones (excluding diaryl/α,β-unsaturated/α-hetero) is 1. The number of hydrogen-bond acceptors (Lipinski definition) is 3. The average molecular weight is 460 g/mol. The van der Waals surface area contributed by atoms with Crippen LogP contribution < -0.4 is 0 Å². The molecule has 0 aromatic heterocycles.